The summed E-state index contributed by atoms with van der Waals surface area (Å²) in [6.45, 7) is 3.33. The fourth-order valence-electron chi connectivity index (χ4n) is 2.16. The third kappa shape index (κ3) is 2.26. The normalized spacial score (nSPS) is 24.3. The molecule has 1 saturated heterocycles. The SMILES string of the molecule is CC1(CNc2ncnc3ccsc23)CCCS1. The summed E-state index contributed by atoms with van der Waals surface area (Å²) >= 11 is 3.77. The smallest absolute Gasteiger partial charge is 0.147 e. The lowest BCUT2D eigenvalue weighted by atomic mass is 10.1. The predicted octanol–water partition coefficient (Wildman–Crippen LogP) is 3.39. The van der Waals surface area contributed by atoms with Gasteiger partial charge in [-0.2, -0.15) is 11.8 Å². The van der Waals surface area contributed by atoms with Crippen molar-refractivity contribution in [1.29, 1.82) is 0 Å². The topological polar surface area (TPSA) is 37.8 Å². The molecule has 0 radical (unpaired) electrons. The van der Waals surface area contributed by atoms with Gasteiger partial charge in [-0.05, 0) is 37.0 Å². The van der Waals surface area contributed by atoms with Gasteiger partial charge in [0.1, 0.15) is 12.1 Å². The van der Waals surface area contributed by atoms with Crippen molar-refractivity contribution in [3.63, 3.8) is 0 Å². The summed E-state index contributed by atoms with van der Waals surface area (Å²) in [7, 11) is 0. The maximum atomic E-state index is 4.35. The van der Waals surface area contributed by atoms with E-state index in [1.54, 1.807) is 17.7 Å². The number of hydrogen-bond acceptors (Lipinski definition) is 5. The van der Waals surface area contributed by atoms with Crippen LogP contribution >= 0.6 is 23.1 Å². The molecule has 0 bridgehead atoms. The largest absolute Gasteiger partial charge is 0.367 e. The summed E-state index contributed by atoms with van der Waals surface area (Å²) in [5.74, 6) is 2.27. The highest BCUT2D eigenvalue weighted by atomic mass is 32.2. The van der Waals surface area contributed by atoms with Crippen LogP contribution in [0.25, 0.3) is 10.2 Å². The van der Waals surface area contributed by atoms with E-state index in [1.165, 1.54) is 23.3 Å². The molecule has 0 aliphatic carbocycles. The fourth-order valence-corrected chi connectivity index (χ4v) is 4.22. The first-order chi connectivity index (χ1) is 8.27. The summed E-state index contributed by atoms with van der Waals surface area (Å²) in [6.07, 6.45) is 4.27. The minimum atomic E-state index is 0.370. The number of thioether (sulfide) groups is 1. The Morgan fingerprint density at radius 2 is 2.41 bits per heavy atom. The van der Waals surface area contributed by atoms with E-state index in [0.29, 0.717) is 4.75 Å². The maximum absolute atomic E-state index is 4.35. The molecule has 17 heavy (non-hydrogen) atoms. The van der Waals surface area contributed by atoms with E-state index in [1.807, 2.05) is 6.07 Å². The van der Waals surface area contributed by atoms with E-state index in [-0.39, 0.29) is 0 Å². The van der Waals surface area contributed by atoms with Gasteiger partial charge in [0.15, 0.2) is 0 Å². The van der Waals surface area contributed by atoms with Gasteiger partial charge in [0, 0.05) is 11.3 Å². The van der Waals surface area contributed by atoms with Gasteiger partial charge in [-0.25, -0.2) is 9.97 Å². The first-order valence-corrected chi connectivity index (χ1v) is 7.69. The van der Waals surface area contributed by atoms with Crippen molar-refractivity contribution in [3.05, 3.63) is 17.8 Å². The minimum Gasteiger partial charge on any atom is -0.367 e. The number of nitrogens with zero attached hydrogens (tertiary/aromatic N) is 2. The molecule has 2 aromatic rings. The summed E-state index contributed by atoms with van der Waals surface area (Å²) in [5.41, 5.74) is 1.04. The number of fused-ring (bicyclic) bond motifs is 1. The first-order valence-electron chi connectivity index (χ1n) is 5.83. The molecule has 1 atom stereocenters. The van der Waals surface area contributed by atoms with E-state index in [0.717, 1.165) is 17.9 Å². The lowest BCUT2D eigenvalue weighted by Crippen LogP contribution is -2.27. The maximum Gasteiger partial charge on any atom is 0.147 e. The average molecular weight is 265 g/mol. The van der Waals surface area contributed by atoms with E-state index >= 15 is 0 Å². The second-order valence-corrected chi connectivity index (χ2v) is 7.21. The van der Waals surface area contributed by atoms with Crippen molar-refractivity contribution in [1.82, 2.24) is 9.97 Å². The Morgan fingerprint density at radius 1 is 1.47 bits per heavy atom. The molecule has 0 amide bonds. The Kier molecular flexibility index (Phi) is 2.96. The first kappa shape index (κ1) is 11.3. The van der Waals surface area contributed by atoms with Gasteiger partial charge >= 0.3 is 0 Å². The van der Waals surface area contributed by atoms with E-state index < -0.39 is 0 Å². The zero-order chi connectivity index (χ0) is 11.7. The van der Waals surface area contributed by atoms with Crippen molar-refractivity contribution in [2.24, 2.45) is 0 Å². The Bertz CT molecular complexity index is 517. The molecule has 0 saturated carbocycles. The van der Waals surface area contributed by atoms with Crippen molar-refractivity contribution >= 4 is 39.1 Å². The molecule has 1 aliphatic rings. The van der Waals surface area contributed by atoms with Crippen LogP contribution in [0.3, 0.4) is 0 Å². The lowest BCUT2D eigenvalue weighted by Gasteiger charge is -2.23. The van der Waals surface area contributed by atoms with Crippen LogP contribution in [0.5, 0.6) is 0 Å². The number of aromatic nitrogens is 2. The van der Waals surface area contributed by atoms with Crippen LogP contribution in [0.15, 0.2) is 17.8 Å². The molecule has 1 aliphatic heterocycles. The summed E-state index contributed by atoms with van der Waals surface area (Å²) in [4.78, 5) is 8.60. The monoisotopic (exact) mass is 265 g/mol. The molecule has 1 fully saturated rings. The second kappa shape index (κ2) is 4.46. The third-order valence-corrected chi connectivity index (χ3v) is 5.62. The van der Waals surface area contributed by atoms with E-state index in [9.17, 15) is 0 Å². The van der Waals surface area contributed by atoms with Crippen LogP contribution in [0.2, 0.25) is 0 Å². The Balaban J connectivity index is 1.78. The second-order valence-electron chi connectivity index (χ2n) is 4.61. The summed E-state index contributed by atoms with van der Waals surface area (Å²) < 4.78 is 1.54. The Morgan fingerprint density at radius 3 is 3.24 bits per heavy atom. The van der Waals surface area contributed by atoms with Crippen molar-refractivity contribution in [2.75, 3.05) is 17.6 Å². The molecule has 2 aromatic heterocycles. The lowest BCUT2D eigenvalue weighted by molar-refractivity contribution is 0.634. The molecule has 0 spiro atoms. The van der Waals surface area contributed by atoms with Gasteiger partial charge in [0.25, 0.3) is 0 Å². The van der Waals surface area contributed by atoms with Crippen molar-refractivity contribution in [3.8, 4) is 0 Å². The number of anilines is 1. The zero-order valence-corrected chi connectivity index (χ0v) is 11.4. The van der Waals surface area contributed by atoms with Gasteiger partial charge in [-0.15, -0.1) is 11.3 Å². The van der Waals surface area contributed by atoms with E-state index in [4.69, 9.17) is 0 Å². The molecule has 0 aromatic carbocycles. The predicted molar refractivity (Wildman–Crippen MR) is 76.0 cm³/mol. The molecule has 90 valence electrons. The Labute approximate surface area is 109 Å². The minimum absolute atomic E-state index is 0.370. The number of thiophene rings is 1. The van der Waals surface area contributed by atoms with Crippen LogP contribution in [0.1, 0.15) is 19.8 Å². The van der Waals surface area contributed by atoms with Crippen molar-refractivity contribution in [2.45, 2.75) is 24.5 Å². The van der Waals surface area contributed by atoms with Gasteiger partial charge in [-0.1, -0.05) is 0 Å². The van der Waals surface area contributed by atoms with Gasteiger partial charge < -0.3 is 5.32 Å². The molecule has 1 N–H and O–H groups in total. The molecule has 3 rings (SSSR count). The molecular weight excluding hydrogens is 250 g/mol. The van der Waals surface area contributed by atoms with Crippen LogP contribution in [0, 0.1) is 0 Å². The number of hydrogen-bond donors (Lipinski definition) is 1. The molecule has 5 heteroatoms. The quantitative estimate of drug-likeness (QED) is 0.923. The van der Waals surface area contributed by atoms with Crippen molar-refractivity contribution < 1.29 is 0 Å². The number of nitrogens with one attached hydrogen (secondary N) is 1. The van der Waals surface area contributed by atoms with Gasteiger partial charge in [-0.3, -0.25) is 0 Å². The van der Waals surface area contributed by atoms with Crippen LogP contribution in [0.4, 0.5) is 5.82 Å². The van der Waals surface area contributed by atoms with Crippen LogP contribution in [-0.4, -0.2) is 27.0 Å². The highest BCUT2D eigenvalue weighted by molar-refractivity contribution is 8.00. The molecule has 1 unspecified atom stereocenters. The number of rotatable bonds is 3. The fraction of sp³-hybridized carbons (Fsp3) is 0.500. The highest BCUT2D eigenvalue weighted by Gasteiger charge is 2.29. The third-order valence-electron chi connectivity index (χ3n) is 3.17. The molecular formula is C12H15N3S2. The average Bonchev–Trinajstić information content (AvgIpc) is 2.95. The Hall–Kier alpha value is -0.810. The summed E-state index contributed by atoms with van der Waals surface area (Å²) in [6, 6.07) is 2.04. The molecule has 3 heterocycles. The van der Waals surface area contributed by atoms with Crippen LogP contribution < -0.4 is 5.32 Å². The molecule has 3 nitrogen and oxygen atoms in total. The van der Waals surface area contributed by atoms with Crippen LogP contribution in [-0.2, 0) is 0 Å². The highest BCUT2D eigenvalue weighted by Crippen LogP contribution is 2.38. The zero-order valence-electron chi connectivity index (χ0n) is 9.77. The van der Waals surface area contributed by atoms with Gasteiger partial charge in [0.05, 0.1) is 10.2 Å². The standard InChI is InChI=1S/C12H15N3S2/c1-12(4-2-5-17-12)7-13-11-10-9(3-6-16-10)14-8-15-11/h3,6,8H,2,4-5,7H2,1H3,(H,13,14,15). The summed E-state index contributed by atoms with van der Waals surface area (Å²) in [5, 5.41) is 5.56. The van der Waals surface area contributed by atoms with E-state index in [2.05, 4.69) is 39.4 Å². The van der Waals surface area contributed by atoms with Gasteiger partial charge in [0.2, 0.25) is 0 Å².